The lowest BCUT2D eigenvalue weighted by atomic mass is 10.2. The van der Waals surface area contributed by atoms with Crippen LogP contribution in [0.4, 0.5) is 0 Å². The van der Waals surface area contributed by atoms with Crippen molar-refractivity contribution in [2.24, 2.45) is 0 Å². The molecular formula is C8H14N2. The van der Waals surface area contributed by atoms with Crippen molar-refractivity contribution in [2.45, 2.75) is 19.8 Å². The molecule has 0 bridgehead atoms. The summed E-state index contributed by atoms with van der Waals surface area (Å²) in [6.07, 6.45) is 3.68. The lowest BCUT2D eigenvalue weighted by Crippen LogP contribution is -2.10. The fraction of sp³-hybridized carbons (Fsp3) is 0.625. The summed E-state index contributed by atoms with van der Waals surface area (Å²) < 4.78 is 0. The van der Waals surface area contributed by atoms with Crippen molar-refractivity contribution in [3.8, 4) is 6.07 Å². The molecule has 0 saturated heterocycles. The van der Waals surface area contributed by atoms with Gasteiger partial charge in [0.2, 0.25) is 0 Å². The first-order chi connectivity index (χ1) is 4.72. The van der Waals surface area contributed by atoms with Crippen molar-refractivity contribution in [2.75, 3.05) is 14.1 Å². The van der Waals surface area contributed by atoms with E-state index < -0.39 is 0 Å². The minimum absolute atomic E-state index is 0.987. The normalized spacial score (nSPS) is 10.8. The van der Waals surface area contributed by atoms with Gasteiger partial charge in [-0.3, -0.25) is 0 Å². The zero-order chi connectivity index (χ0) is 7.98. The molecule has 0 atom stereocenters. The fourth-order valence-electron chi connectivity index (χ4n) is 0.756. The van der Waals surface area contributed by atoms with Crippen LogP contribution in [0.1, 0.15) is 19.8 Å². The van der Waals surface area contributed by atoms with E-state index >= 15 is 0 Å². The Morgan fingerprint density at radius 2 is 2.20 bits per heavy atom. The Bertz CT molecular complexity index is 151. The highest BCUT2D eigenvalue weighted by Crippen LogP contribution is 2.05. The van der Waals surface area contributed by atoms with E-state index in [9.17, 15) is 0 Å². The molecule has 0 aromatic rings. The number of nitrogens with zero attached hydrogens (tertiary/aromatic N) is 2. The van der Waals surface area contributed by atoms with Crippen LogP contribution in [0.25, 0.3) is 0 Å². The minimum atomic E-state index is 0.987. The molecule has 0 amide bonds. The smallest absolute Gasteiger partial charge is 0.0930 e. The average Bonchev–Trinajstić information content (AvgIpc) is 1.87. The molecule has 2 heteroatoms. The van der Waals surface area contributed by atoms with Crippen LogP contribution in [0.3, 0.4) is 0 Å². The Labute approximate surface area is 62.8 Å². The Morgan fingerprint density at radius 1 is 1.60 bits per heavy atom. The lowest BCUT2D eigenvalue weighted by Gasteiger charge is -2.14. The molecule has 0 saturated carbocycles. The maximum atomic E-state index is 8.36. The van der Waals surface area contributed by atoms with Crippen molar-refractivity contribution in [1.82, 2.24) is 4.90 Å². The van der Waals surface area contributed by atoms with Crippen LogP contribution in [0.2, 0.25) is 0 Å². The molecule has 0 N–H and O–H groups in total. The van der Waals surface area contributed by atoms with Crippen LogP contribution in [-0.4, -0.2) is 19.0 Å². The molecule has 0 unspecified atom stereocenters. The average molecular weight is 138 g/mol. The molecule has 0 spiro atoms. The molecule has 0 aromatic carbocycles. The lowest BCUT2D eigenvalue weighted by molar-refractivity contribution is 0.485. The van der Waals surface area contributed by atoms with Crippen LogP contribution in [0.5, 0.6) is 0 Å². The first-order valence-corrected chi connectivity index (χ1v) is 3.48. The highest BCUT2D eigenvalue weighted by atomic mass is 15.1. The van der Waals surface area contributed by atoms with Gasteiger partial charge in [0.15, 0.2) is 0 Å². The fourth-order valence-corrected chi connectivity index (χ4v) is 0.756. The van der Waals surface area contributed by atoms with Gasteiger partial charge in [0, 0.05) is 25.9 Å². The summed E-state index contributed by atoms with van der Waals surface area (Å²) in [6.45, 7) is 2.11. The van der Waals surface area contributed by atoms with Gasteiger partial charge in [-0.1, -0.05) is 13.3 Å². The summed E-state index contributed by atoms with van der Waals surface area (Å²) in [7, 11) is 3.91. The van der Waals surface area contributed by atoms with Crippen molar-refractivity contribution in [3.05, 3.63) is 11.8 Å². The SMILES string of the molecule is CCC/C(=C\C#N)N(C)C. The Balaban J connectivity index is 4.01. The standard InChI is InChI=1S/C8H14N2/c1-4-5-8(6-7-9)10(2)3/h6H,4-5H2,1-3H3/b8-6+. The van der Waals surface area contributed by atoms with Gasteiger partial charge in [-0.15, -0.1) is 0 Å². The van der Waals surface area contributed by atoms with Crippen LogP contribution < -0.4 is 0 Å². The molecule has 56 valence electrons. The third-order valence-electron chi connectivity index (χ3n) is 1.31. The Hall–Kier alpha value is -0.970. The summed E-state index contributed by atoms with van der Waals surface area (Å²) in [4.78, 5) is 1.98. The second kappa shape index (κ2) is 4.87. The molecule has 0 aliphatic rings. The molecule has 2 nitrogen and oxygen atoms in total. The van der Waals surface area contributed by atoms with Crippen LogP contribution in [0.15, 0.2) is 11.8 Å². The Morgan fingerprint density at radius 3 is 2.50 bits per heavy atom. The molecule has 0 radical (unpaired) electrons. The number of hydrogen-bond donors (Lipinski definition) is 0. The third-order valence-corrected chi connectivity index (χ3v) is 1.31. The van der Waals surface area contributed by atoms with Crippen molar-refractivity contribution in [3.63, 3.8) is 0 Å². The topological polar surface area (TPSA) is 27.0 Å². The largest absolute Gasteiger partial charge is 0.380 e. The van der Waals surface area contributed by atoms with E-state index in [1.165, 1.54) is 0 Å². The van der Waals surface area contributed by atoms with Crippen LogP contribution in [0, 0.1) is 11.3 Å². The van der Waals surface area contributed by atoms with Gasteiger partial charge >= 0.3 is 0 Å². The summed E-state index contributed by atoms with van der Waals surface area (Å²) in [5, 5.41) is 8.36. The predicted octanol–water partition coefficient (Wildman–Crippen LogP) is 1.76. The molecule has 0 aliphatic heterocycles. The van der Waals surface area contributed by atoms with Gasteiger partial charge in [0.1, 0.15) is 0 Å². The number of hydrogen-bond acceptors (Lipinski definition) is 2. The summed E-state index contributed by atoms with van der Waals surface area (Å²) in [5.41, 5.74) is 1.10. The van der Waals surface area contributed by atoms with E-state index in [1.807, 2.05) is 25.1 Å². The highest BCUT2D eigenvalue weighted by molar-refractivity contribution is 5.11. The monoisotopic (exact) mass is 138 g/mol. The van der Waals surface area contributed by atoms with E-state index in [4.69, 9.17) is 5.26 Å². The van der Waals surface area contributed by atoms with Crippen molar-refractivity contribution in [1.29, 1.82) is 5.26 Å². The highest BCUT2D eigenvalue weighted by Gasteiger charge is 1.95. The van der Waals surface area contributed by atoms with Gasteiger partial charge in [-0.2, -0.15) is 5.26 Å². The van der Waals surface area contributed by atoms with E-state index in [0.29, 0.717) is 0 Å². The molecular weight excluding hydrogens is 124 g/mol. The maximum absolute atomic E-state index is 8.36. The zero-order valence-corrected chi connectivity index (χ0v) is 6.89. The molecule has 0 aliphatic carbocycles. The molecule has 10 heavy (non-hydrogen) atoms. The van der Waals surface area contributed by atoms with Crippen LogP contribution in [-0.2, 0) is 0 Å². The van der Waals surface area contributed by atoms with Crippen molar-refractivity contribution < 1.29 is 0 Å². The number of nitriles is 1. The quantitative estimate of drug-likeness (QED) is 0.555. The summed E-state index contributed by atoms with van der Waals surface area (Å²) in [5.74, 6) is 0. The second-order valence-electron chi connectivity index (χ2n) is 2.41. The third kappa shape index (κ3) is 3.13. The Kier molecular flexibility index (Phi) is 4.39. The molecule has 0 aromatic heterocycles. The number of allylic oxidation sites excluding steroid dienone is 2. The predicted molar refractivity (Wildman–Crippen MR) is 42.3 cm³/mol. The van der Waals surface area contributed by atoms with Gasteiger partial charge in [-0.05, 0) is 6.42 Å². The minimum Gasteiger partial charge on any atom is -0.380 e. The van der Waals surface area contributed by atoms with Gasteiger partial charge in [0.25, 0.3) is 0 Å². The second-order valence-corrected chi connectivity index (χ2v) is 2.41. The first-order valence-electron chi connectivity index (χ1n) is 3.48. The van der Waals surface area contributed by atoms with Crippen molar-refractivity contribution >= 4 is 0 Å². The maximum Gasteiger partial charge on any atom is 0.0930 e. The first kappa shape index (κ1) is 9.03. The van der Waals surface area contributed by atoms with Gasteiger partial charge < -0.3 is 4.90 Å². The van der Waals surface area contributed by atoms with Gasteiger partial charge in [-0.25, -0.2) is 0 Å². The molecule has 0 heterocycles. The summed E-state index contributed by atoms with van der Waals surface area (Å²) in [6, 6.07) is 2.03. The van der Waals surface area contributed by atoms with E-state index in [0.717, 1.165) is 18.5 Å². The van der Waals surface area contributed by atoms with E-state index in [2.05, 4.69) is 6.92 Å². The van der Waals surface area contributed by atoms with Crippen LogP contribution >= 0.6 is 0 Å². The molecule has 0 fully saturated rings. The zero-order valence-electron chi connectivity index (χ0n) is 6.89. The van der Waals surface area contributed by atoms with E-state index in [1.54, 1.807) is 6.08 Å². The van der Waals surface area contributed by atoms with Gasteiger partial charge in [0.05, 0.1) is 6.07 Å². The number of rotatable bonds is 3. The van der Waals surface area contributed by atoms with E-state index in [-0.39, 0.29) is 0 Å². The molecule has 0 rings (SSSR count). The summed E-state index contributed by atoms with van der Waals surface area (Å²) >= 11 is 0.